The average Bonchev–Trinajstić information content (AvgIpc) is 3.17. The Labute approximate surface area is 108 Å². The molecule has 0 bridgehead atoms. The molecule has 19 heavy (non-hydrogen) atoms. The Morgan fingerprint density at radius 1 is 1.32 bits per heavy atom. The van der Waals surface area contributed by atoms with E-state index in [9.17, 15) is 18.0 Å². The Balaban J connectivity index is 1.81. The van der Waals surface area contributed by atoms with Gasteiger partial charge in [0.25, 0.3) is 5.91 Å². The molecule has 1 aromatic rings. The molecule has 1 amide bonds. The van der Waals surface area contributed by atoms with Crippen molar-refractivity contribution < 1.29 is 18.0 Å². The Morgan fingerprint density at radius 3 is 2.58 bits per heavy atom. The molecule has 7 heteroatoms. The maximum atomic E-state index is 12.3. The molecule has 0 unspecified atom stereocenters. The molecule has 1 aliphatic rings. The van der Waals surface area contributed by atoms with Crippen molar-refractivity contribution in [1.29, 1.82) is 0 Å². The van der Waals surface area contributed by atoms with Crippen LogP contribution in [-0.2, 0) is 6.18 Å². The van der Waals surface area contributed by atoms with Gasteiger partial charge in [-0.15, -0.1) is 0 Å². The molecule has 1 saturated carbocycles. The van der Waals surface area contributed by atoms with Crippen LogP contribution in [0.2, 0.25) is 0 Å². The molecule has 0 aliphatic heterocycles. The highest BCUT2D eigenvalue weighted by molar-refractivity contribution is 5.93. The number of halogens is 3. The van der Waals surface area contributed by atoms with Gasteiger partial charge in [-0.25, -0.2) is 0 Å². The van der Waals surface area contributed by atoms with Gasteiger partial charge in [0.05, 0.1) is 5.56 Å². The molecule has 0 aromatic carbocycles. The highest BCUT2D eigenvalue weighted by Gasteiger charge is 2.32. The summed E-state index contributed by atoms with van der Waals surface area (Å²) in [6.07, 6.45) is -1.22. The second-order valence-corrected chi connectivity index (χ2v) is 4.41. The molecule has 2 N–H and O–H groups in total. The van der Waals surface area contributed by atoms with Crippen molar-refractivity contribution in [1.82, 2.24) is 15.6 Å². The van der Waals surface area contributed by atoms with Crippen LogP contribution in [0.4, 0.5) is 13.2 Å². The third kappa shape index (κ3) is 4.20. The number of nitrogens with one attached hydrogen (secondary N) is 2. The van der Waals surface area contributed by atoms with Crippen molar-refractivity contribution in [3.63, 3.8) is 0 Å². The van der Waals surface area contributed by atoms with Crippen molar-refractivity contribution >= 4 is 5.91 Å². The first-order chi connectivity index (χ1) is 8.97. The second kappa shape index (κ2) is 5.56. The van der Waals surface area contributed by atoms with Gasteiger partial charge in [-0.1, -0.05) is 0 Å². The number of nitrogens with zero attached hydrogens (tertiary/aromatic N) is 1. The van der Waals surface area contributed by atoms with E-state index in [4.69, 9.17) is 0 Å². The summed E-state index contributed by atoms with van der Waals surface area (Å²) in [5.41, 5.74) is -0.876. The van der Waals surface area contributed by atoms with Gasteiger partial charge < -0.3 is 10.6 Å². The van der Waals surface area contributed by atoms with Gasteiger partial charge >= 0.3 is 6.18 Å². The quantitative estimate of drug-likeness (QED) is 0.801. The summed E-state index contributed by atoms with van der Waals surface area (Å²) in [5.74, 6) is -0.418. The Morgan fingerprint density at radius 2 is 2.05 bits per heavy atom. The zero-order chi connectivity index (χ0) is 13.9. The number of carbonyl (C=O) groups is 1. The molecular formula is C12H14F3N3O. The van der Waals surface area contributed by atoms with Gasteiger partial charge in [0.2, 0.25) is 0 Å². The van der Waals surface area contributed by atoms with Gasteiger partial charge in [-0.3, -0.25) is 9.78 Å². The molecule has 2 rings (SSSR count). The van der Waals surface area contributed by atoms with E-state index in [1.165, 1.54) is 0 Å². The summed E-state index contributed by atoms with van der Waals surface area (Å²) in [6, 6.07) is 2.49. The number of amides is 1. The van der Waals surface area contributed by atoms with Crippen LogP contribution in [0, 0.1) is 0 Å². The smallest absolute Gasteiger partial charge is 0.351 e. The standard InChI is InChI=1S/C12H14F3N3O/c13-12(14,15)10-4-1-8(7-18-10)11(19)17-6-5-16-9-2-3-9/h1,4,7,9,16H,2-3,5-6H2,(H,17,19). The monoisotopic (exact) mass is 273 g/mol. The summed E-state index contributed by atoms with van der Waals surface area (Å²) in [7, 11) is 0. The largest absolute Gasteiger partial charge is 0.433 e. The van der Waals surface area contributed by atoms with Crippen LogP contribution in [0.1, 0.15) is 28.9 Å². The predicted octanol–water partition coefficient (Wildman–Crippen LogP) is 1.58. The zero-order valence-corrected chi connectivity index (χ0v) is 10.1. The minimum absolute atomic E-state index is 0.124. The van der Waals surface area contributed by atoms with Gasteiger partial charge in [0.15, 0.2) is 0 Å². The van der Waals surface area contributed by atoms with Crippen LogP contribution in [0.25, 0.3) is 0 Å². The first-order valence-corrected chi connectivity index (χ1v) is 6.01. The molecule has 0 radical (unpaired) electrons. The van der Waals surface area contributed by atoms with E-state index in [1.54, 1.807) is 0 Å². The maximum Gasteiger partial charge on any atom is 0.433 e. The number of hydrogen-bond donors (Lipinski definition) is 2. The highest BCUT2D eigenvalue weighted by atomic mass is 19.4. The zero-order valence-electron chi connectivity index (χ0n) is 10.1. The van der Waals surface area contributed by atoms with Crippen LogP contribution in [0.5, 0.6) is 0 Å². The summed E-state index contributed by atoms with van der Waals surface area (Å²) in [4.78, 5) is 14.8. The molecule has 104 valence electrons. The van der Waals surface area contributed by atoms with Crippen LogP contribution in [0.3, 0.4) is 0 Å². The SMILES string of the molecule is O=C(NCCNC1CC1)c1ccc(C(F)(F)F)nc1. The van der Waals surface area contributed by atoms with Crippen LogP contribution < -0.4 is 10.6 Å². The van der Waals surface area contributed by atoms with Gasteiger partial charge in [-0.2, -0.15) is 13.2 Å². The summed E-state index contributed by atoms with van der Waals surface area (Å²) >= 11 is 0. The van der Waals surface area contributed by atoms with E-state index in [-0.39, 0.29) is 5.56 Å². The van der Waals surface area contributed by atoms with E-state index >= 15 is 0 Å². The minimum atomic E-state index is -4.48. The fourth-order valence-electron chi connectivity index (χ4n) is 1.54. The lowest BCUT2D eigenvalue weighted by molar-refractivity contribution is -0.141. The second-order valence-electron chi connectivity index (χ2n) is 4.41. The number of pyridine rings is 1. The summed E-state index contributed by atoms with van der Waals surface area (Å²) in [6.45, 7) is 1.10. The molecule has 0 atom stereocenters. The lowest BCUT2D eigenvalue weighted by atomic mass is 10.2. The first kappa shape index (κ1) is 13.8. The summed E-state index contributed by atoms with van der Waals surface area (Å²) < 4.78 is 36.8. The van der Waals surface area contributed by atoms with Crippen molar-refractivity contribution in [3.8, 4) is 0 Å². The van der Waals surface area contributed by atoms with E-state index in [1.807, 2.05) is 0 Å². The van der Waals surface area contributed by atoms with Crippen LogP contribution in [0.15, 0.2) is 18.3 Å². The fraction of sp³-hybridized carbons (Fsp3) is 0.500. The molecule has 0 spiro atoms. The number of rotatable bonds is 5. The van der Waals surface area contributed by atoms with Crippen molar-refractivity contribution in [2.45, 2.75) is 25.1 Å². The highest BCUT2D eigenvalue weighted by Crippen LogP contribution is 2.27. The average molecular weight is 273 g/mol. The lowest BCUT2D eigenvalue weighted by Gasteiger charge is -2.08. The van der Waals surface area contributed by atoms with Gasteiger partial charge in [-0.05, 0) is 25.0 Å². The summed E-state index contributed by atoms with van der Waals surface area (Å²) in [5, 5.41) is 5.83. The molecule has 1 aliphatic carbocycles. The third-order valence-electron chi connectivity index (χ3n) is 2.74. The van der Waals surface area contributed by atoms with E-state index < -0.39 is 17.8 Å². The van der Waals surface area contributed by atoms with Crippen LogP contribution in [-0.4, -0.2) is 30.0 Å². The van der Waals surface area contributed by atoms with Crippen molar-refractivity contribution in [3.05, 3.63) is 29.6 Å². The lowest BCUT2D eigenvalue weighted by Crippen LogP contribution is -2.32. The number of carbonyl (C=O) groups excluding carboxylic acids is 1. The molecular weight excluding hydrogens is 259 g/mol. The molecule has 4 nitrogen and oxygen atoms in total. The Kier molecular flexibility index (Phi) is 4.04. The van der Waals surface area contributed by atoms with E-state index in [0.717, 1.165) is 31.2 Å². The van der Waals surface area contributed by atoms with E-state index in [2.05, 4.69) is 15.6 Å². The fourth-order valence-corrected chi connectivity index (χ4v) is 1.54. The number of hydrogen-bond acceptors (Lipinski definition) is 3. The molecule has 1 heterocycles. The molecule has 1 fully saturated rings. The maximum absolute atomic E-state index is 12.3. The van der Waals surface area contributed by atoms with Gasteiger partial charge in [0.1, 0.15) is 5.69 Å². The van der Waals surface area contributed by atoms with Crippen molar-refractivity contribution in [2.24, 2.45) is 0 Å². The Hall–Kier alpha value is -1.63. The topological polar surface area (TPSA) is 54.0 Å². The van der Waals surface area contributed by atoms with E-state index in [0.29, 0.717) is 19.1 Å². The normalized spacial score (nSPS) is 15.3. The third-order valence-corrected chi connectivity index (χ3v) is 2.74. The predicted molar refractivity (Wildman–Crippen MR) is 62.6 cm³/mol. The molecule has 0 saturated heterocycles. The molecule has 1 aromatic heterocycles. The number of alkyl halides is 3. The van der Waals surface area contributed by atoms with Gasteiger partial charge in [0, 0.05) is 25.3 Å². The number of aromatic nitrogens is 1. The first-order valence-electron chi connectivity index (χ1n) is 6.01. The minimum Gasteiger partial charge on any atom is -0.351 e. The van der Waals surface area contributed by atoms with Crippen molar-refractivity contribution in [2.75, 3.05) is 13.1 Å². The Bertz CT molecular complexity index is 441. The van der Waals surface area contributed by atoms with Crippen LogP contribution >= 0.6 is 0 Å².